The van der Waals surface area contributed by atoms with Gasteiger partial charge in [-0.1, -0.05) is 46.0 Å². The van der Waals surface area contributed by atoms with E-state index in [1.807, 2.05) is 0 Å². The molecular weight excluding hydrogens is 306 g/mol. The average Bonchev–Trinajstić information content (AvgIpc) is 3.04. The molecule has 5 heteroatoms. The first kappa shape index (κ1) is 21.1. The summed E-state index contributed by atoms with van der Waals surface area (Å²) in [6.07, 6.45) is 11.8. The van der Waals surface area contributed by atoms with Gasteiger partial charge < -0.3 is 18.2 Å². The number of unbranched alkanes of at least 4 members (excludes halogenated alkanes) is 5. The molecule has 0 spiro atoms. The van der Waals surface area contributed by atoms with Gasteiger partial charge in [0.2, 0.25) is 0 Å². The van der Waals surface area contributed by atoms with Gasteiger partial charge in [0.05, 0.1) is 0 Å². The van der Waals surface area contributed by atoms with Crippen LogP contribution in [0.5, 0.6) is 0 Å². The van der Waals surface area contributed by atoms with Crippen molar-refractivity contribution in [1.29, 1.82) is 0 Å². The third-order valence-electron chi connectivity index (χ3n) is 5.43. The predicted octanol–water partition coefficient (Wildman–Crippen LogP) is 4.47. The highest BCUT2D eigenvalue weighted by Gasteiger charge is 2.51. The molecule has 4 nitrogen and oxygen atoms in total. The molecule has 1 rings (SSSR count). The van der Waals surface area contributed by atoms with Gasteiger partial charge >= 0.3 is 8.80 Å². The van der Waals surface area contributed by atoms with E-state index in [1.54, 1.807) is 21.3 Å². The van der Waals surface area contributed by atoms with E-state index in [2.05, 4.69) is 18.7 Å². The van der Waals surface area contributed by atoms with Crippen molar-refractivity contribution < 1.29 is 13.3 Å². The highest BCUT2D eigenvalue weighted by Crippen LogP contribution is 2.38. The highest BCUT2D eigenvalue weighted by molar-refractivity contribution is 6.62. The van der Waals surface area contributed by atoms with Crippen molar-refractivity contribution >= 4 is 8.80 Å². The molecule has 0 aliphatic carbocycles. The van der Waals surface area contributed by atoms with E-state index in [1.165, 1.54) is 64.5 Å². The summed E-state index contributed by atoms with van der Waals surface area (Å²) in [5.41, 5.74) is 0.380. The average molecular weight is 346 g/mol. The van der Waals surface area contributed by atoms with E-state index in [9.17, 15) is 0 Å². The number of hydrogen-bond donors (Lipinski definition) is 0. The molecule has 1 aliphatic heterocycles. The van der Waals surface area contributed by atoms with Crippen molar-refractivity contribution in [3.63, 3.8) is 0 Å². The van der Waals surface area contributed by atoms with Crippen LogP contribution < -0.4 is 0 Å². The van der Waals surface area contributed by atoms with Crippen molar-refractivity contribution in [2.45, 2.75) is 83.2 Å². The van der Waals surface area contributed by atoms with Gasteiger partial charge in [-0.15, -0.1) is 0 Å². The summed E-state index contributed by atoms with van der Waals surface area (Å²) in [4.78, 5) is 2.67. The van der Waals surface area contributed by atoms with Crippen molar-refractivity contribution in [3.05, 3.63) is 0 Å². The lowest BCUT2D eigenvalue weighted by Crippen LogP contribution is -2.54. The van der Waals surface area contributed by atoms with E-state index in [4.69, 9.17) is 13.3 Å². The van der Waals surface area contributed by atoms with Gasteiger partial charge in [0.1, 0.15) is 0 Å². The molecule has 0 saturated carbocycles. The quantitative estimate of drug-likeness (QED) is 0.364. The Bertz CT molecular complexity index is 292. The van der Waals surface area contributed by atoms with Gasteiger partial charge in [-0.3, -0.25) is 0 Å². The lowest BCUT2D eigenvalue weighted by Gasteiger charge is -2.39. The molecule has 0 aromatic rings. The Kier molecular flexibility index (Phi) is 10.6. The van der Waals surface area contributed by atoms with E-state index in [0.29, 0.717) is 11.6 Å². The fourth-order valence-electron chi connectivity index (χ4n) is 4.14. The Labute approximate surface area is 145 Å². The molecule has 1 fully saturated rings. The first-order chi connectivity index (χ1) is 11.2. The Morgan fingerprint density at radius 3 is 2.13 bits per heavy atom. The van der Waals surface area contributed by atoms with Crippen LogP contribution in [0.4, 0.5) is 0 Å². The lowest BCUT2D eigenvalue weighted by atomic mass is 10.1. The molecule has 1 saturated heterocycles. The Balaban J connectivity index is 2.54. The largest absolute Gasteiger partial charge is 0.505 e. The lowest BCUT2D eigenvalue weighted by molar-refractivity contribution is 0.0909. The van der Waals surface area contributed by atoms with Gasteiger partial charge in [-0.05, 0) is 38.8 Å². The minimum Gasteiger partial charge on any atom is -0.377 e. The second-order valence-electron chi connectivity index (χ2n) is 6.74. The van der Waals surface area contributed by atoms with Crippen molar-refractivity contribution in [3.8, 4) is 0 Å². The SMILES string of the molecule is CCCCCCCCN1CCCC1C(CC)[Si](OC)(OC)OC. The Morgan fingerprint density at radius 1 is 0.957 bits per heavy atom. The summed E-state index contributed by atoms with van der Waals surface area (Å²) in [6, 6.07) is 0.558. The summed E-state index contributed by atoms with van der Waals surface area (Å²) >= 11 is 0. The van der Waals surface area contributed by atoms with Crippen LogP contribution in [0.1, 0.15) is 71.6 Å². The van der Waals surface area contributed by atoms with Crippen LogP contribution in [-0.2, 0) is 13.3 Å². The number of rotatable bonds is 13. The first-order valence-electron chi connectivity index (χ1n) is 9.58. The van der Waals surface area contributed by atoms with E-state index in [0.717, 1.165) is 6.42 Å². The van der Waals surface area contributed by atoms with Crippen molar-refractivity contribution in [2.24, 2.45) is 0 Å². The van der Waals surface area contributed by atoms with Crippen LogP contribution in [0, 0.1) is 0 Å². The molecule has 0 bridgehead atoms. The van der Waals surface area contributed by atoms with E-state index in [-0.39, 0.29) is 0 Å². The normalized spacial score (nSPS) is 21.0. The summed E-state index contributed by atoms with van der Waals surface area (Å²) in [5, 5.41) is 0. The number of nitrogens with zero attached hydrogens (tertiary/aromatic N) is 1. The summed E-state index contributed by atoms with van der Waals surface area (Å²) < 4.78 is 17.4. The zero-order valence-electron chi connectivity index (χ0n) is 16.1. The van der Waals surface area contributed by atoms with Gasteiger partial charge in [0.15, 0.2) is 0 Å². The highest BCUT2D eigenvalue weighted by atomic mass is 28.4. The molecule has 0 radical (unpaired) electrons. The number of hydrogen-bond acceptors (Lipinski definition) is 4. The molecule has 0 aromatic carbocycles. The number of likely N-dealkylation sites (tertiary alicyclic amines) is 1. The third-order valence-corrected chi connectivity index (χ3v) is 8.83. The summed E-state index contributed by atoms with van der Waals surface area (Å²) in [6.45, 7) is 6.95. The molecule has 23 heavy (non-hydrogen) atoms. The molecular formula is C18H39NO3Si. The van der Waals surface area contributed by atoms with E-state index >= 15 is 0 Å². The minimum absolute atomic E-state index is 0.380. The molecule has 1 heterocycles. The Morgan fingerprint density at radius 2 is 1.57 bits per heavy atom. The van der Waals surface area contributed by atoms with Crippen molar-refractivity contribution in [1.82, 2.24) is 4.90 Å². The van der Waals surface area contributed by atoms with Gasteiger partial charge in [-0.2, -0.15) is 0 Å². The fraction of sp³-hybridized carbons (Fsp3) is 1.00. The van der Waals surface area contributed by atoms with Crippen LogP contribution in [0.15, 0.2) is 0 Å². The van der Waals surface area contributed by atoms with Gasteiger partial charge in [0.25, 0.3) is 0 Å². The minimum atomic E-state index is -2.56. The molecule has 0 amide bonds. The Hall–Kier alpha value is 0.0569. The maximum atomic E-state index is 5.79. The smallest absolute Gasteiger partial charge is 0.377 e. The summed E-state index contributed by atoms with van der Waals surface area (Å²) in [7, 11) is 2.67. The molecule has 2 unspecified atom stereocenters. The molecule has 1 aliphatic rings. The summed E-state index contributed by atoms with van der Waals surface area (Å²) in [5.74, 6) is 0. The van der Waals surface area contributed by atoms with Crippen LogP contribution in [0.3, 0.4) is 0 Å². The zero-order valence-corrected chi connectivity index (χ0v) is 17.1. The van der Waals surface area contributed by atoms with Crippen LogP contribution in [-0.4, -0.2) is 54.2 Å². The van der Waals surface area contributed by atoms with Gasteiger partial charge in [-0.25, -0.2) is 0 Å². The maximum Gasteiger partial charge on any atom is 0.505 e. The standard InChI is InChI=1S/C18H39NO3Si/c1-6-8-9-10-11-12-15-19-16-13-14-17(19)18(7-2)23(20-3,21-4)22-5/h17-18H,6-16H2,1-5H3. The monoisotopic (exact) mass is 345 g/mol. The second kappa shape index (κ2) is 11.6. The fourth-order valence-corrected chi connectivity index (χ4v) is 6.90. The van der Waals surface area contributed by atoms with Crippen LogP contribution >= 0.6 is 0 Å². The molecule has 0 N–H and O–H groups in total. The molecule has 2 atom stereocenters. The van der Waals surface area contributed by atoms with Crippen LogP contribution in [0.25, 0.3) is 0 Å². The maximum absolute atomic E-state index is 5.79. The van der Waals surface area contributed by atoms with Crippen molar-refractivity contribution in [2.75, 3.05) is 34.4 Å². The topological polar surface area (TPSA) is 30.9 Å². The molecule has 138 valence electrons. The van der Waals surface area contributed by atoms with Gasteiger partial charge in [0, 0.05) is 32.9 Å². The molecule has 0 aromatic heterocycles. The second-order valence-corrected chi connectivity index (χ2v) is 9.92. The predicted molar refractivity (Wildman–Crippen MR) is 98.8 cm³/mol. The van der Waals surface area contributed by atoms with Crippen LogP contribution in [0.2, 0.25) is 5.54 Å². The first-order valence-corrected chi connectivity index (χ1v) is 11.4. The third kappa shape index (κ3) is 5.82. The zero-order chi connectivity index (χ0) is 17.1. The van der Waals surface area contributed by atoms with E-state index < -0.39 is 8.80 Å².